The number of rotatable bonds is 6. The summed E-state index contributed by atoms with van der Waals surface area (Å²) in [5.74, 6) is -1.93. The van der Waals surface area contributed by atoms with E-state index < -0.39 is 27.7 Å². The van der Waals surface area contributed by atoms with E-state index >= 15 is 0 Å². The van der Waals surface area contributed by atoms with Gasteiger partial charge in [0.25, 0.3) is 21.8 Å². The van der Waals surface area contributed by atoms with Crippen LogP contribution in [0, 0.1) is 5.82 Å². The van der Waals surface area contributed by atoms with Crippen LogP contribution in [-0.4, -0.2) is 20.2 Å². The van der Waals surface area contributed by atoms with Gasteiger partial charge in [-0.15, -0.1) is 0 Å². The molecule has 0 aliphatic rings. The minimum atomic E-state index is -4.00. The number of nitrogens with one attached hydrogen (secondary N) is 2. The second kappa shape index (κ2) is 8.52. The van der Waals surface area contributed by atoms with Crippen molar-refractivity contribution in [2.75, 3.05) is 10.0 Å². The number of primary amides is 1. The first kappa shape index (κ1) is 21.3. The fraction of sp³-hybridized carbons (Fsp3) is 0. The lowest BCUT2D eigenvalue weighted by Gasteiger charge is -2.11. The number of hydrogen-bond acceptors (Lipinski definition) is 4. The van der Waals surface area contributed by atoms with Crippen molar-refractivity contribution in [3.05, 3.63) is 88.7 Å². The molecule has 3 rings (SSSR count). The van der Waals surface area contributed by atoms with E-state index in [0.29, 0.717) is 0 Å². The smallest absolute Gasteiger partial charge is 0.261 e. The first-order chi connectivity index (χ1) is 14.2. The van der Waals surface area contributed by atoms with E-state index in [1.165, 1.54) is 36.4 Å². The van der Waals surface area contributed by atoms with Crippen molar-refractivity contribution in [2.24, 2.45) is 5.73 Å². The maximum absolute atomic E-state index is 13.2. The molecule has 0 saturated carbocycles. The molecule has 0 fully saturated rings. The number of nitrogens with two attached hydrogens (primary N) is 1. The van der Waals surface area contributed by atoms with Crippen LogP contribution in [0.25, 0.3) is 0 Å². The highest BCUT2D eigenvalue weighted by atomic mass is 35.5. The van der Waals surface area contributed by atoms with Gasteiger partial charge in [-0.05, 0) is 54.6 Å². The first-order valence-electron chi connectivity index (χ1n) is 8.45. The maximum atomic E-state index is 13.2. The molecule has 0 saturated heterocycles. The van der Waals surface area contributed by atoms with Crippen LogP contribution in [-0.2, 0) is 10.0 Å². The molecular formula is C20H15ClFN3O4S. The Morgan fingerprint density at radius 2 is 1.63 bits per heavy atom. The van der Waals surface area contributed by atoms with E-state index in [-0.39, 0.29) is 32.4 Å². The molecule has 7 nitrogen and oxygen atoms in total. The maximum Gasteiger partial charge on any atom is 0.261 e. The number of amides is 2. The predicted octanol–water partition coefficient (Wildman–Crippen LogP) is 3.63. The van der Waals surface area contributed by atoms with Crippen molar-refractivity contribution in [3.8, 4) is 0 Å². The molecule has 0 atom stereocenters. The van der Waals surface area contributed by atoms with E-state index in [9.17, 15) is 22.4 Å². The summed E-state index contributed by atoms with van der Waals surface area (Å²) >= 11 is 5.64. The van der Waals surface area contributed by atoms with Crippen LogP contribution in [0.15, 0.2) is 71.6 Å². The summed E-state index contributed by atoms with van der Waals surface area (Å²) in [7, 11) is -4.00. The molecule has 154 valence electrons. The average molecular weight is 448 g/mol. The summed E-state index contributed by atoms with van der Waals surface area (Å²) in [6.45, 7) is 0. The van der Waals surface area contributed by atoms with Crippen LogP contribution in [0.1, 0.15) is 20.7 Å². The SMILES string of the molecule is NC(=O)c1ccccc1NC(=O)c1ccc(NS(=O)(=O)c2ccc(F)c(Cl)c2)cc1. The van der Waals surface area contributed by atoms with Crippen molar-refractivity contribution in [2.45, 2.75) is 4.90 Å². The Morgan fingerprint density at radius 1 is 0.967 bits per heavy atom. The molecule has 0 aliphatic carbocycles. The summed E-state index contributed by atoms with van der Waals surface area (Å²) in [5, 5.41) is 2.27. The van der Waals surface area contributed by atoms with Gasteiger partial charge in [-0.1, -0.05) is 23.7 Å². The highest BCUT2D eigenvalue weighted by Gasteiger charge is 2.17. The third-order valence-electron chi connectivity index (χ3n) is 4.04. The average Bonchev–Trinajstić information content (AvgIpc) is 2.70. The van der Waals surface area contributed by atoms with Crippen molar-refractivity contribution < 1.29 is 22.4 Å². The molecular weight excluding hydrogens is 433 g/mol. The monoisotopic (exact) mass is 447 g/mol. The Balaban J connectivity index is 1.75. The molecule has 10 heteroatoms. The molecule has 0 aromatic heterocycles. The Hall–Kier alpha value is -3.43. The van der Waals surface area contributed by atoms with Gasteiger partial charge in [0.15, 0.2) is 0 Å². The number of sulfonamides is 1. The van der Waals surface area contributed by atoms with Crippen LogP contribution in [0.5, 0.6) is 0 Å². The molecule has 0 radical (unpaired) electrons. The lowest BCUT2D eigenvalue weighted by atomic mass is 10.1. The minimum absolute atomic E-state index is 0.160. The van der Waals surface area contributed by atoms with Crippen molar-refractivity contribution >= 4 is 44.8 Å². The third-order valence-corrected chi connectivity index (χ3v) is 5.71. The van der Waals surface area contributed by atoms with Gasteiger partial charge in [-0.3, -0.25) is 14.3 Å². The fourth-order valence-corrected chi connectivity index (χ4v) is 3.88. The normalized spacial score (nSPS) is 11.0. The molecule has 3 aromatic rings. The van der Waals surface area contributed by atoms with Crippen LogP contribution in [0.3, 0.4) is 0 Å². The second-order valence-electron chi connectivity index (χ2n) is 6.12. The van der Waals surface area contributed by atoms with Gasteiger partial charge in [0.1, 0.15) is 5.82 Å². The fourth-order valence-electron chi connectivity index (χ4n) is 2.55. The summed E-state index contributed by atoms with van der Waals surface area (Å²) in [4.78, 5) is 23.7. The van der Waals surface area contributed by atoms with Gasteiger partial charge in [-0.2, -0.15) is 0 Å². The largest absolute Gasteiger partial charge is 0.366 e. The second-order valence-corrected chi connectivity index (χ2v) is 8.21. The van der Waals surface area contributed by atoms with Crippen LogP contribution in [0.4, 0.5) is 15.8 Å². The van der Waals surface area contributed by atoms with E-state index in [0.717, 1.165) is 18.2 Å². The molecule has 0 unspecified atom stereocenters. The van der Waals surface area contributed by atoms with Crippen LogP contribution < -0.4 is 15.8 Å². The summed E-state index contributed by atoms with van der Waals surface area (Å²) in [6, 6.07) is 14.9. The standard InChI is InChI=1S/C20H15ClFN3O4S/c21-16-11-14(9-10-17(16)22)30(28,29)25-13-7-5-12(6-8-13)20(27)24-18-4-2-1-3-15(18)19(23)26/h1-11,25H,(H2,23,26)(H,24,27). The zero-order valence-corrected chi connectivity index (χ0v) is 16.8. The summed E-state index contributed by atoms with van der Waals surface area (Å²) in [5.41, 5.74) is 6.12. The van der Waals surface area contributed by atoms with Crippen molar-refractivity contribution in [1.82, 2.24) is 0 Å². The molecule has 3 aromatic carbocycles. The van der Waals surface area contributed by atoms with E-state index in [1.807, 2.05) is 0 Å². The number of hydrogen-bond donors (Lipinski definition) is 3. The molecule has 2 amide bonds. The summed E-state index contributed by atoms with van der Waals surface area (Å²) in [6.07, 6.45) is 0. The topological polar surface area (TPSA) is 118 Å². The number of carbonyl (C=O) groups excluding carboxylic acids is 2. The molecule has 0 bridgehead atoms. The highest BCUT2D eigenvalue weighted by molar-refractivity contribution is 7.92. The number of halogens is 2. The Kier molecular flexibility index (Phi) is 6.04. The summed E-state index contributed by atoms with van der Waals surface area (Å²) < 4.78 is 40.4. The van der Waals surface area contributed by atoms with E-state index in [2.05, 4.69) is 10.0 Å². The first-order valence-corrected chi connectivity index (χ1v) is 10.3. The predicted molar refractivity (Wildman–Crippen MR) is 112 cm³/mol. The Morgan fingerprint density at radius 3 is 2.27 bits per heavy atom. The molecule has 0 heterocycles. The number of benzene rings is 3. The van der Waals surface area contributed by atoms with Crippen LogP contribution >= 0.6 is 11.6 Å². The number of para-hydroxylation sites is 1. The van der Waals surface area contributed by atoms with E-state index in [1.54, 1.807) is 12.1 Å². The van der Waals surface area contributed by atoms with Gasteiger partial charge >= 0.3 is 0 Å². The van der Waals surface area contributed by atoms with Gasteiger partial charge in [0.2, 0.25) is 0 Å². The lowest BCUT2D eigenvalue weighted by molar-refractivity contribution is 0.100. The molecule has 0 aliphatic heterocycles. The van der Waals surface area contributed by atoms with Crippen LogP contribution in [0.2, 0.25) is 5.02 Å². The van der Waals surface area contributed by atoms with Gasteiger partial charge in [0.05, 0.1) is 21.2 Å². The third kappa shape index (κ3) is 4.76. The Labute approximate surface area is 176 Å². The number of carbonyl (C=O) groups is 2. The number of anilines is 2. The van der Waals surface area contributed by atoms with Gasteiger partial charge in [-0.25, -0.2) is 12.8 Å². The zero-order valence-electron chi connectivity index (χ0n) is 15.2. The van der Waals surface area contributed by atoms with E-state index in [4.69, 9.17) is 17.3 Å². The molecule has 30 heavy (non-hydrogen) atoms. The molecule has 0 spiro atoms. The minimum Gasteiger partial charge on any atom is -0.366 e. The quantitative estimate of drug-likeness (QED) is 0.534. The zero-order chi connectivity index (χ0) is 21.9. The lowest BCUT2D eigenvalue weighted by Crippen LogP contribution is -2.18. The Bertz CT molecular complexity index is 1230. The van der Waals surface area contributed by atoms with Crippen molar-refractivity contribution in [1.29, 1.82) is 0 Å². The van der Waals surface area contributed by atoms with Crippen molar-refractivity contribution in [3.63, 3.8) is 0 Å². The highest BCUT2D eigenvalue weighted by Crippen LogP contribution is 2.22. The van der Waals surface area contributed by atoms with Gasteiger partial charge in [0, 0.05) is 11.3 Å². The molecule has 4 N–H and O–H groups in total. The van der Waals surface area contributed by atoms with Gasteiger partial charge < -0.3 is 11.1 Å².